The number of rotatable bonds is 4. The van der Waals surface area contributed by atoms with Gasteiger partial charge in [-0.25, -0.2) is 9.18 Å². The first-order chi connectivity index (χ1) is 18.5. The second-order valence-electron chi connectivity index (χ2n) is 12.6. The predicted molar refractivity (Wildman–Crippen MR) is 133 cm³/mol. The van der Waals surface area contributed by atoms with Gasteiger partial charge < -0.3 is 40.1 Å². The number of Topliss-reactive ketones (excluding diaryl/α,β-unsaturated/α-hetero) is 1. The lowest BCUT2D eigenvalue weighted by Crippen LogP contribution is -2.69. The molecule has 4 aliphatic carbocycles. The lowest BCUT2D eigenvalue weighted by atomic mass is 9.44. The lowest BCUT2D eigenvalue weighted by molar-refractivity contribution is -0.281. The van der Waals surface area contributed by atoms with E-state index in [2.05, 4.69) is 0 Å². The molecule has 13 atom stereocenters. The topological polar surface area (TPSA) is 191 Å². The zero-order valence-electron chi connectivity index (χ0n) is 22.6. The summed E-state index contributed by atoms with van der Waals surface area (Å²) < 4.78 is 27.1. The number of aliphatic hydroxyl groups excluding tert-OH is 5. The monoisotopic (exact) mass is 568 g/mol. The van der Waals surface area contributed by atoms with Crippen LogP contribution in [0.4, 0.5) is 4.39 Å². The Labute approximate surface area is 230 Å². The number of ketones is 2. The number of carbonyl (C=O) groups excluding carboxylic acids is 3. The van der Waals surface area contributed by atoms with Crippen LogP contribution in [0.15, 0.2) is 23.8 Å². The van der Waals surface area contributed by atoms with Crippen molar-refractivity contribution < 1.29 is 58.9 Å². The molecule has 11 nitrogen and oxygen atoms in total. The summed E-state index contributed by atoms with van der Waals surface area (Å²) in [5, 5.41) is 62.5. The van der Waals surface area contributed by atoms with Gasteiger partial charge in [-0.1, -0.05) is 25.5 Å². The van der Waals surface area contributed by atoms with Crippen LogP contribution in [0.3, 0.4) is 0 Å². The van der Waals surface area contributed by atoms with E-state index < -0.39 is 95.0 Å². The summed E-state index contributed by atoms with van der Waals surface area (Å²) >= 11 is 0. The highest BCUT2D eigenvalue weighted by atomic mass is 19.1. The number of esters is 1. The highest BCUT2D eigenvalue weighted by Gasteiger charge is 2.75. The fraction of sp³-hybridized carbons (Fsp3) is 0.750. The molecule has 0 aromatic rings. The van der Waals surface area contributed by atoms with Crippen LogP contribution in [0.5, 0.6) is 0 Å². The molecule has 0 bridgehead atoms. The zero-order chi connectivity index (χ0) is 29.6. The van der Waals surface area contributed by atoms with Crippen LogP contribution in [0.25, 0.3) is 0 Å². The molecule has 0 spiro atoms. The number of aliphatic hydroxyl groups is 6. The molecule has 0 radical (unpaired) electrons. The molecular formula is C28H37FO11. The van der Waals surface area contributed by atoms with Crippen LogP contribution >= 0.6 is 0 Å². The third-order valence-electron chi connectivity index (χ3n) is 10.8. The standard InChI is InChI=1S/C28H37FO11/c1-12-8-16-15-5-4-13-9-14(30)6-7-25(13,2)27(15,29)17(31)10-26(16,3)28(12,38)18(32)11-39-24(37)22-20(34)19(33)21(35)23(36)40-22/h6-7,9,12,15-17,19-23,31,33-36,38H,4-5,8,10-11H2,1-3H3/t12-,15+,16+,17+,19+,20+,21-,22+,23-,25+,26+,27+,28+/m1/s1. The van der Waals surface area contributed by atoms with Gasteiger partial charge in [0.15, 0.2) is 30.5 Å². The smallest absolute Gasteiger partial charge is 0.338 e. The van der Waals surface area contributed by atoms with Gasteiger partial charge >= 0.3 is 5.97 Å². The number of halogens is 1. The van der Waals surface area contributed by atoms with Gasteiger partial charge in [-0.3, -0.25) is 9.59 Å². The zero-order valence-corrected chi connectivity index (χ0v) is 22.6. The Kier molecular flexibility index (Phi) is 6.98. The van der Waals surface area contributed by atoms with Gasteiger partial charge in [0, 0.05) is 16.7 Å². The van der Waals surface area contributed by atoms with Gasteiger partial charge in [0.05, 0.1) is 6.10 Å². The number of hydrogen-bond donors (Lipinski definition) is 6. The van der Waals surface area contributed by atoms with Crippen LogP contribution in [-0.4, -0.2) is 103 Å². The molecule has 1 saturated heterocycles. The van der Waals surface area contributed by atoms with Gasteiger partial charge in [0.2, 0.25) is 5.78 Å². The first-order valence-electron chi connectivity index (χ1n) is 13.6. The number of ether oxygens (including phenoxy) is 2. The van der Waals surface area contributed by atoms with Crippen molar-refractivity contribution in [2.24, 2.45) is 28.6 Å². The molecule has 12 heteroatoms. The van der Waals surface area contributed by atoms with Crippen LogP contribution in [-0.2, 0) is 23.9 Å². The fourth-order valence-corrected chi connectivity index (χ4v) is 8.53. The minimum Gasteiger partial charge on any atom is -0.456 e. The van der Waals surface area contributed by atoms with E-state index in [1.54, 1.807) is 20.8 Å². The third-order valence-corrected chi connectivity index (χ3v) is 10.8. The van der Waals surface area contributed by atoms with Gasteiger partial charge in [-0.2, -0.15) is 0 Å². The highest BCUT2D eigenvalue weighted by Crippen LogP contribution is 2.70. The van der Waals surface area contributed by atoms with Crippen molar-refractivity contribution in [1.82, 2.24) is 0 Å². The summed E-state index contributed by atoms with van der Waals surface area (Å²) in [5.41, 5.74) is -6.13. The van der Waals surface area contributed by atoms with Crippen molar-refractivity contribution in [3.05, 3.63) is 23.8 Å². The Balaban J connectivity index is 1.38. The Bertz CT molecular complexity index is 1170. The molecule has 40 heavy (non-hydrogen) atoms. The average molecular weight is 569 g/mol. The normalized spacial score (nSPS) is 51.8. The summed E-state index contributed by atoms with van der Waals surface area (Å²) in [6.45, 7) is 4.01. The van der Waals surface area contributed by atoms with E-state index in [-0.39, 0.29) is 18.6 Å². The summed E-state index contributed by atoms with van der Waals surface area (Å²) in [4.78, 5) is 38.1. The van der Waals surface area contributed by atoms with E-state index in [4.69, 9.17) is 9.47 Å². The number of carbonyl (C=O) groups is 3. The quantitative estimate of drug-likeness (QED) is 0.234. The minimum absolute atomic E-state index is 0.236. The molecule has 6 N–H and O–H groups in total. The van der Waals surface area contributed by atoms with E-state index in [0.29, 0.717) is 18.4 Å². The van der Waals surface area contributed by atoms with Crippen LogP contribution < -0.4 is 0 Å². The first-order valence-corrected chi connectivity index (χ1v) is 13.6. The summed E-state index contributed by atoms with van der Waals surface area (Å²) in [5.74, 6) is -4.35. The van der Waals surface area contributed by atoms with E-state index >= 15 is 4.39 Å². The van der Waals surface area contributed by atoms with E-state index in [1.807, 2.05) is 0 Å². The third kappa shape index (κ3) is 3.70. The Morgan fingerprint density at radius 3 is 2.45 bits per heavy atom. The Morgan fingerprint density at radius 1 is 1.10 bits per heavy atom. The Hall–Kier alpha value is -2.06. The van der Waals surface area contributed by atoms with Crippen molar-refractivity contribution in [3.63, 3.8) is 0 Å². The molecule has 1 aliphatic heterocycles. The molecule has 4 fully saturated rings. The molecule has 5 rings (SSSR count). The van der Waals surface area contributed by atoms with Gasteiger partial charge in [0.1, 0.15) is 23.9 Å². The van der Waals surface area contributed by atoms with Crippen molar-refractivity contribution in [3.8, 4) is 0 Å². The number of alkyl halides is 1. The molecule has 222 valence electrons. The largest absolute Gasteiger partial charge is 0.456 e. The molecule has 5 aliphatic rings. The van der Waals surface area contributed by atoms with Crippen molar-refractivity contribution in [1.29, 1.82) is 0 Å². The first kappa shape index (κ1) is 29.4. The predicted octanol–water partition coefficient (Wildman–Crippen LogP) is -0.753. The molecule has 0 aromatic heterocycles. The van der Waals surface area contributed by atoms with Gasteiger partial charge in [-0.05, 0) is 56.6 Å². The van der Waals surface area contributed by atoms with E-state index in [1.165, 1.54) is 18.2 Å². The molecule has 0 amide bonds. The fourth-order valence-electron chi connectivity index (χ4n) is 8.53. The SMILES string of the molecule is C[C@@H]1C[C@H]2[C@@H]3CCC4=CC(=O)C=C[C@]4(C)[C@@]3(F)[C@@H](O)C[C@]2(C)[C@@]1(O)C(=O)COC(=O)[C@H]1O[C@@H](O)[C@H](O)[C@@H](O)[C@@H]1O. The number of fused-ring (bicyclic) bond motifs is 5. The molecule has 3 saturated carbocycles. The van der Waals surface area contributed by atoms with Crippen molar-refractivity contribution in [2.75, 3.05) is 6.61 Å². The Morgan fingerprint density at radius 2 is 1.77 bits per heavy atom. The average Bonchev–Trinajstić information content (AvgIpc) is 3.10. The van der Waals surface area contributed by atoms with Crippen LogP contribution in [0.1, 0.15) is 46.5 Å². The van der Waals surface area contributed by atoms with Gasteiger partial charge in [0.25, 0.3) is 0 Å². The second-order valence-corrected chi connectivity index (χ2v) is 12.6. The maximum Gasteiger partial charge on any atom is 0.338 e. The number of hydrogen-bond acceptors (Lipinski definition) is 11. The number of allylic oxidation sites excluding steroid dienone is 4. The summed E-state index contributed by atoms with van der Waals surface area (Å²) in [6, 6.07) is 0. The van der Waals surface area contributed by atoms with E-state index in [9.17, 15) is 45.0 Å². The van der Waals surface area contributed by atoms with Crippen molar-refractivity contribution >= 4 is 17.5 Å². The molecule has 1 heterocycles. The summed E-state index contributed by atoms with van der Waals surface area (Å²) in [6.07, 6.45) is -6.16. The lowest BCUT2D eigenvalue weighted by Gasteiger charge is -2.62. The highest BCUT2D eigenvalue weighted by molar-refractivity contribution is 6.01. The second kappa shape index (κ2) is 9.48. The molecule has 0 aromatic carbocycles. The molecule has 0 unspecified atom stereocenters. The van der Waals surface area contributed by atoms with Gasteiger partial charge in [-0.15, -0.1) is 0 Å². The van der Waals surface area contributed by atoms with Crippen LogP contribution in [0.2, 0.25) is 0 Å². The molecular weight excluding hydrogens is 531 g/mol. The maximum absolute atomic E-state index is 17.2. The van der Waals surface area contributed by atoms with Crippen LogP contribution in [0, 0.1) is 28.6 Å². The van der Waals surface area contributed by atoms with E-state index in [0.717, 1.165) is 0 Å². The maximum atomic E-state index is 17.2. The van der Waals surface area contributed by atoms with Crippen molar-refractivity contribution in [2.45, 2.75) is 94.5 Å². The summed E-state index contributed by atoms with van der Waals surface area (Å²) in [7, 11) is 0. The minimum atomic E-state index is -2.14.